The third kappa shape index (κ3) is 3.56. The first-order valence-corrected chi connectivity index (χ1v) is 5.85. The molecule has 1 heterocycles. The predicted molar refractivity (Wildman–Crippen MR) is 73.9 cm³/mol. The zero-order chi connectivity index (χ0) is 13.3. The van der Waals surface area contributed by atoms with E-state index in [-0.39, 0.29) is 40.6 Å². The van der Waals surface area contributed by atoms with Gasteiger partial charge in [0, 0.05) is 41.9 Å². The van der Waals surface area contributed by atoms with E-state index in [1.807, 2.05) is 0 Å². The molecule has 19 heavy (non-hydrogen) atoms. The fraction of sp³-hybridized carbons (Fsp3) is 0.364. The minimum atomic E-state index is -0.571. The predicted octanol–water partition coefficient (Wildman–Crippen LogP) is 1.84. The van der Waals surface area contributed by atoms with Gasteiger partial charge in [-0.2, -0.15) is 0 Å². The molecule has 1 unspecified atom stereocenters. The number of likely N-dealkylation sites (tertiary alicyclic amines) is 1. The Balaban J connectivity index is 0.00000180. The van der Waals surface area contributed by atoms with E-state index in [1.165, 1.54) is 18.2 Å². The molecule has 1 aliphatic heterocycles. The van der Waals surface area contributed by atoms with E-state index in [4.69, 9.17) is 17.3 Å². The molecular weight excluding hydrogens is 293 g/mol. The zero-order valence-corrected chi connectivity index (χ0v) is 11.5. The summed E-state index contributed by atoms with van der Waals surface area (Å²) in [7, 11) is 0. The molecular formula is C11H13Cl2N3O3. The van der Waals surface area contributed by atoms with Crippen molar-refractivity contribution >= 4 is 35.6 Å². The third-order valence-electron chi connectivity index (χ3n) is 2.85. The highest BCUT2D eigenvalue weighted by Gasteiger charge is 2.25. The van der Waals surface area contributed by atoms with Gasteiger partial charge in [0.2, 0.25) is 0 Å². The van der Waals surface area contributed by atoms with Crippen molar-refractivity contribution in [3.05, 3.63) is 38.9 Å². The molecule has 0 radical (unpaired) electrons. The topological polar surface area (TPSA) is 89.5 Å². The van der Waals surface area contributed by atoms with Crippen LogP contribution in [0.1, 0.15) is 16.8 Å². The number of hydrogen-bond donors (Lipinski definition) is 1. The number of nitrogens with zero attached hydrogens (tertiary/aromatic N) is 2. The lowest BCUT2D eigenvalue weighted by atomic mass is 10.2. The fourth-order valence-corrected chi connectivity index (χ4v) is 2.19. The van der Waals surface area contributed by atoms with Gasteiger partial charge in [-0.25, -0.2) is 0 Å². The van der Waals surface area contributed by atoms with Crippen LogP contribution >= 0.6 is 24.0 Å². The zero-order valence-electron chi connectivity index (χ0n) is 9.91. The molecule has 8 heteroatoms. The summed E-state index contributed by atoms with van der Waals surface area (Å²) in [6.45, 7) is 1.04. The Morgan fingerprint density at radius 2 is 2.16 bits per heavy atom. The minimum Gasteiger partial charge on any atom is -0.337 e. The van der Waals surface area contributed by atoms with Crippen molar-refractivity contribution in [3.63, 3.8) is 0 Å². The van der Waals surface area contributed by atoms with Gasteiger partial charge in [-0.15, -0.1) is 12.4 Å². The fourth-order valence-electron chi connectivity index (χ4n) is 1.96. The highest BCUT2D eigenvalue weighted by Crippen LogP contribution is 2.23. The number of non-ortho nitro benzene ring substituents is 1. The van der Waals surface area contributed by atoms with E-state index in [2.05, 4.69) is 0 Å². The number of benzene rings is 1. The van der Waals surface area contributed by atoms with Crippen molar-refractivity contribution in [1.82, 2.24) is 4.90 Å². The maximum Gasteiger partial charge on any atom is 0.271 e. The largest absolute Gasteiger partial charge is 0.337 e. The average molecular weight is 306 g/mol. The highest BCUT2D eigenvalue weighted by atomic mass is 35.5. The summed E-state index contributed by atoms with van der Waals surface area (Å²) in [4.78, 5) is 23.8. The molecule has 1 fully saturated rings. The molecule has 0 spiro atoms. The van der Waals surface area contributed by atoms with Crippen LogP contribution in [-0.2, 0) is 0 Å². The SMILES string of the molecule is Cl.NC1CCN(C(=O)c2cc(Cl)cc([N+](=O)[O-])c2)C1. The molecule has 1 aromatic carbocycles. The second-order valence-electron chi connectivity index (χ2n) is 4.26. The summed E-state index contributed by atoms with van der Waals surface area (Å²) in [5, 5.41) is 10.9. The number of nitrogens with two attached hydrogens (primary N) is 1. The number of halogens is 2. The average Bonchev–Trinajstić information content (AvgIpc) is 2.74. The summed E-state index contributed by atoms with van der Waals surface area (Å²) >= 11 is 5.77. The number of carbonyl (C=O) groups is 1. The summed E-state index contributed by atoms with van der Waals surface area (Å²) in [5.41, 5.74) is 5.76. The molecule has 0 saturated carbocycles. The number of nitro benzene ring substituents is 1. The molecule has 1 atom stereocenters. The molecule has 0 bridgehead atoms. The molecule has 2 rings (SSSR count). The normalized spacial score (nSPS) is 18.0. The standard InChI is InChI=1S/C11H12ClN3O3.ClH/c12-8-3-7(4-10(5-8)15(17)18)11(16)14-2-1-9(13)6-14;/h3-5,9H,1-2,6,13H2;1H. The van der Waals surface area contributed by atoms with Gasteiger partial charge < -0.3 is 10.6 Å². The number of nitro groups is 1. The van der Waals surface area contributed by atoms with Crippen LogP contribution in [0.25, 0.3) is 0 Å². The first-order valence-electron chi connectivity index (χ1n) is 5.47. The van der Waals surface area contributed by atoms with Crippen LogP contribution in [0.3, 0.4) is 0 Å². The van der Waals surface area contributed by atoms with Crippen molar-refractivity contribution in [2.75, 3.05) is 13.1 Å². The molecule has 0 aliphatic carbocycles. The van der Waals surface area contributed by atoms with Gasteiger partial charge >= 0.3 is 0 Å². The van der Waals surface area contributed by atoms with E-state index >= 15 is 0 Å². The number of carbonyl (C=O) groups excluding carboxylic acids is 1. The quantitative estimate of drug-likeness (QED) is 0.667. The molecule has 2 N–H and O–H groups in total. The van der Waals surface area contributed by atoms with Crippen LogP contribution in [-0.4, -0.2) is 34.9 Å². The summed E-state index contributed by atoms with van der Waals surface area (Å²) in [5.74, 6) is -0.270. The van der Waals surface area contributed by atoms with Crippen molar-refractivity contribution in [1.29, 1.82) is 0 Å². The van der Waals surface area contributed by atoms with Crippen LogP contribution in [0.4, 0.5) is 5.69 Å². The van der Waals surface area contributed by atoms with Crippen molar-refractivity contribution < 1.29 is 9.72 Å². The van der Waals surface area contributed by atoms with E-state index in [0.29, 0.717) is 13.1 Å². The van der Waals surface area contributed by atoms with Crippen LogP contribution in [0.5, 0.6) is 0 Å². The van der Waals surface area contributed by atoms with Gasteiger partial charge in [0.15, 0.2) is 0 Å². The Hall–Kier alpha value is -1.37. The van der Waals surface area contributed by atoms with Gasteiger partial charge in [0.25, 0.3) is 11.6 Å². The Morgan fingerprint density at radius 1 is 1.47 bits per heavy atom. The maximum atomic E-state index is 12.1. The van der Waals surface area contributed by atoms with Gasteiger partial charge in [-0.3, -0.25) is 14.9 Å². The first-order chi connectivity index (χ1) is 8.47. The molecule has 6 nitrogen and oxygen atoms in total. The van der Waals surface area contributed by atoms with E-state index in [9.17, 15) is 14.9 Å². The van der Waals surface area contributed by atoms with E-state index in [1.54, 1.807) is 4.90 Å². The van der Waals surface area contributed by atoms with Crippen LogP contribution in [0, 0.1) is 10.1 Å². The van der Waals surface area contributed by atoms with Crippen molar-refractivity contribution in [2.24, 2.45) is 5.73 Å². The van der Waals surface area contributed by atoms with Gasteiger partial charge in [-0.1, -0.05) is 11.6 Å². The van der Waals surface area contributed by atoms with Crippen LogP contribution in [0.15, 0.2) is 18.2 Å². The lowest BCUT2D eigenvalue weighted by molar-refractivity contribution is -0.384. The highest BCUT2D eigenvalue weighted by molar-refractivity contribution is 6.31. The summed E-state index contributed by atoms with van der Waals surface area (Å²) in [6, 6.07) is 3.86. The lowest BCUT2D eigenvalue weighted by Crippen LogP contribution is -2.31. The van der Waals surface area contributed by atoms with Crippen LogP contribution < -0.4 is 5.73 Å². The second kappa shape index (κ2) is 6.18. The smallest absolute Gasteiger partial charge is 0.271 e. The Morgan fingerprint density at radius 3 is 2.68 bits per heavy atom. The van der Waals surface area contributed by atoms with Gasteiger partial charge in [-0.05, 0) is 12.5 Å². The molecule has 1 saturated heterocycles. The van der Waals surface area contributed by atoms with E-state index in [0.717, 1.165) is 6.42 Å². The van der Waals surface area contributed by atoms with Crippen molar-refractivity contribution in [2.45, 2.75) is 12.5 Å². The molecule has 1 amide bonds. The maximum absolute atomic E-state index is 12.1. The Kier molecular flexibility index (Phi) is 5.11. The minimum absolute atomic E-state index is 0. The van der Waals surface area contributed by atoms with E-state index < -0.39 is 4.92 Å². The third-order valence-corrected chi connectivity index (χ3v) is 3.07. The van der Waals surface area contributed by atoms with Crippen molar-refractivity contribution in [3.8, 4) is 0 Å². The van der Waals surface area contributed by atoms with Gasteiger partial charge in [0.05, 0.1) is 4.92 Å². The number of hydrogen-bond acceptors (Lipinski definition) is 4. The summed E-state index contributed by atoms with van der Waals surface area (Å²) in [6.07, 6.45) is 0.744. The molecule has 104 valence electrons. The first kappa shape index (κ1) is 15.7. The Labute approximate surface area is 121 Å². The van der Waals surface area contributed by atoms with Gasteiger partial charge in [0.1, 0.15) is 0 Å². The summed E-state index contributed by atoms with van der Waals surface area (Å²) < 4.78 is 0. The molecule has 1 aliphatic rings. The monoisotopic (exact) mass is 305 g/mol. The molecule has 0 aromatic heterocycles. The second-order valence-corrected chi connectivity index (χ2v) is 4.69. The number of rotatable bonds is 2. The Bertz CT molecular complexity index is 510. The number of amides is 1. The lowest BCUT2D eigenvalue weighted by Gasteiger charge is -2.15. The van der Waals surface area contributed by atoms with Crippen LogP contribution in [0.2, 0.25) is 5.02 Å². The molecule has 1 aromatic rings.